The minimum atomic E-state index is -0.346. The molecule has 0 bridgehead atoms. The van der Waals surface area contributed by atoms with E-state index in [2.05, 4.69) is 45.0 Å². The summed E-state index contributed by atoms with van der Waals surface area (Å²) in [6.45, 7) is 6.54. The molecule has 0 nitrogen and oxygen atoms in total. The third-order valence-electron chi connectivity index (χ3n) is 1.74. The van der Waals surface area contributed by atoms with Crippen molar-refractivity contribution in [2.75, 3.05) is 0 Å². The minimum Gasteiger partial charge on any atom is 2.00 e. The molecule has 0 unspecified atom stereocenters. The molecule has 0 aliphatic heterocycles. The molecule has 0 aromatic heterocycles. The van der Waals surface area contributed by atoms with E-state index in [1.54, 1.807) is 0 Å². The fourth-order valence-electron chi connectivity index (χ4n) is 0.951. The van der Waals surface area contributed by atoms with Gasteiger partial charge in [0.25, 0.3) is 0 Å². The predicted octanol–water partition coefficient (Wildman–Crippen LogP) is 4.49. The summed E-state index contributed by atoms with van der Waals surface area (Å²) in [5, 5.41) is 0. The fraction of sp³-hybridized carbons (Fsp3) is 0.400. The summed E-state index contributed by atoms with van der Waals surface area (Å²) in [5.41, 5.74) is 2.76. The van der Waals surface area contributed by atoms with Gasteiger partial charge in [-0.15, -0.1) is 0 Å². The van der Waals surface area contributed by atoms with Crippen molar-refractivity contribution >= 4 is 19.4 Å². The topological polar surface area (TPSA) is 0 Å². The van der Waals surface area contributed by atoms with Gasteiger partial charge in [0.2, 0.25) is 0 Å². The molecule has 1 aromatic carbocycles. The Morgan fingerprint density at radius 3 is 1.71 bits per heavy atom. The fourth-order valence-corrected chi connectivity index (χ4v) is 0.951. The van der Waals surface area contributed by atoms with Crippen molar-refractivity contribution in [3.05, 3.63) is 35.4 Å². The first-order valence-corrected chi connectivity index (χ1v) is 8.51. The standard InChI is InChI=1S/C10H14.2ClH.2Ru/c1-8(2)10-6-4-9(3)5-7-10;;;;/h4-8H,1-3H3;2*1H;;/q;;;2*+2/p-2. The van der Waals surface area contributed by atoms with Crippen molar-refractivity contribution in [3.63, 3.8) is 0 Å². The van der Waals surface area contributed by atoms with Gasteiger partial charge in [0, 0.05) is 0 Å². The maximum atomic E-state index is 4.85. The van der Waals surface area contributed by atoms with E-state index in [9.17, 15) is 0 Å². The molecule has 1 aromatic rings. The van der Waals surface area contributed by atoms with Gasteiger partial charge < -0.3 is 0 Å². The molecule has 14 heavy (non-hydrogen) atoms. The predicted molar refractivity (Wildman–Crippen MR) is 57.0 cm³/mol. The molecule has 0 atom stereocenters. The second kappa shape index (κ2) is 10.6. The van der Waals surface area contributed by atoms with E-state index in [0.29, 0.717) is 5.92 Å². The first kappa shape index (κ1) is 17.4. The zero-order valence-corrected chi connectivity index (χ0v) is 13.3. The molecule has 0 N–H and O–H groups in total. The number of hydrogen-bond donors (Lipinski definition) is 0. The quantitative estimate of drug-likeness (QED) is 0.602. The molecule has 0 saturated heterocycles. The number of aryl methyl sites for hydroxylation is 1. The summed E-state index contributed by atoms with van der Waals surface area (Å²) < 4.78 is 0. The van der Waals surface area contributed by atoms with E-state index in [4.69, 9.17) is 19.4 Å². The van der Waals surface area contributed by atoms with Crippen LogP contribution in [-0.2, 0) is 34.6 Å². The van der Waals surface area contributed by atoms with Crippen molar-refractivity contribution in [2.24, 2.45) is 0 Å². The average molecular weight is 407 g/mol. The molecule has 0 aliphatic carbocycles. The second-order valence-corrected chi connectivity index (χ2v) is 5.75. The van der Waals surface area contributed by atoms with Gasteiger partial charge in [-0.2, -0.15) is 0 Å². The number of halogens is 2. The Bertz CT molecular complexity index is 222. The minimum absolute atomic E-state index is 0. The van der Waals surface area contributed by atoms with Crippen molar-refractivity contribution in [1.29, 1.82) is 0 Å². The summed E-state index contributed by atoms with van der Waals surface area (Å²) >= 11 is -0.346. The summed E-state index contributed by atoms with van der Waals surface area (Å²) in [6, 6.07) is 8.71. The monoisotopic (exact) mass is 408 g/mol. The van der Waals surface area contributed by atoms with Gasteiger partial charge in [0.05, 0.1) is 0 Å². The van der Waals surface area contributed by atoms with Gasteiger partial charge in [0.1, 0.15) is 0 Å². The third-order valence-corrected chi connectivity index (χ3v) is 1.74. The van der Waals surface area contributed by atoms with Gasteiger partial charge >= 0.3 is 54.0 Å². The van der Waals surface area contributed by atoms with Gasteiger partial charge in [0.15, 0.2) is 0 Å². The van der Waals surface area contributed by atoms with Crippen LogP contribution in [0.15, 0.2) is 24.3 Å². The normalized spacial score (nSPS) is 9.00. The van der Waals surface area contributed by atoms with Gasteiger partial charge in [-0.1, -0.05) is 43.7 Å². The molecule has 1 rings (SSSR count). The number of benzene rings is 1. The van der Waals surface area contributed by atoms with E-state index in [0.717, 1.165) is 0 Å². The summed E-state index contributed by atoms with van der Waals surface area (Å²) in [5.74, 6) is 0.653. The zero-order chi connectivity index (χ0) is 10.3. The molecule has 0 amide bonds. The van der Waals surface area contributed by atoms with E-state index in [1.807, 2.05) is 0 Å². The van der Waals surface area contributed by atoms with Crippen LogP contribution in [0.2, 0.25) is 0 Å². The van der Waals surface area contributed by atoms with Crippen molar-refractivity contribution < 1.29 is 34.6 Å². The Kier molecular flexibility index (Phi) is 13.2. The van der Waals surface area contributed by atoms with E-state index >= 15 is 0 Å². The third kappa shape index (κ3) is 8.36. The Labute approximate surface area is 115 Å². The van der Waals surface area contributed by atoms with E-state index in [1.165, 1.54) is 11.1 Å². The largest absolute Gasteiger partial charge is 2.00 e. The van der Waals surface area contributed by atoms with Crippen LogP contribution in [0.1, 0.15) is 30.9 Å². The molecular weight excluding hydrogens is 393 g/mol. The van der Waals surface area contributed by atoms with Crippen molar-refractivity contribution in [3.8, 4) is 0 Å². The molecule has 0 spiro atoms. The number of hydrogen-bond acceptors (Lipinski definition) is 0. The average Bonchev–Trinajstić information content (AvgIpc) is 2.06. The summed E-state index contributed by atoms with van der Waals surface area (Å²) in [7, 11) is 9.71. The maximum Gasteiger partial charge on any atom is 2.00 e. The molecule has 0 radical (unpaired) electrons. The van der Waals surface area contributed by atoms with E-state index in [-0.39, 0.29) is 34.6 Å². The van der Waals surface area contributed by atoms with Gasteiger partial charge in [-0.05, 0) is 18.4 Å². The smallest absolute Gasteiger partial charge is 2.00 e. The second-order valence-electron chi connectivity index (χ2n) is 3.12. The SMILES string of the molecule is Cc1ccc(C(C)C)cc1.[Cl][Ru][Cl].[Ru+2]. The van der Waals surface area contributed by atoms with Crippen molar-refractivity contribution in [2.45, 2.75) is 26.7 Å². The molecule has 0 fully saturated rings. The van der Waals surface area contributed by atoms with Crippen LogP contribution in [0.4, 0.5) is 0 Å². The van der Waals surface area contributed by atoms with Crippen LogP contribution in [0.25, 0.3) is 0 Å². The molecule has 0 heterocycles. The Morgan fingerprint density at radius 2 is 1.43 bits per heavy atom. The maximum absolute atomic E-state index is 4.85. The van der Waals surface area contributed by atoms with Crippen LogP contribution in [0.5, 0.6) is 0 Å². The van der Waals surface area contributed by atoms with E-state index < -0.39 is 0 Å². The summed E-state index contributed by atoms with van der Waals surface area (Å²) in [6.07, 6.45) is 0. The first-order chi connectivity index (χ1) is 6.11. The summed E-state index contributed by atoms with van der Waals surface area (Å²) in [4.78, 5) is 0. The van der Waals surface area contributed by atoms with Crippen LogP contribution in [-0.4, -0.2) is 0 Å². The first-order valence-electron chi connectivity index (χ1n) is 4.03. The molecule has 0 aliphatic rings. The van der Waals surface area contributed by atoms with Crippen LogP contribution in [0, 0.1) is 6.92 Å². The van der Waals surface area contributed by atoms with Crippen LogP contribution in [0.3, 0.4) is 0 Å². The molecule has 82 valence electrons. The Balaban J connectivity index is 0. The van der Waals surface area contributed by atoms with Crippen molar-refractivity contribution in [1.82, 2.24) is 0 Å². The Hall–Kier alpha value is 1.05. The molecule has 0 saturated carbocycles. The number of rotatable bonds is 1. The molecular formula is C10H14Cl2Ru2+2. The molecule has 4 heteroatoms. The Morgan fingerprint density at radius 1 is 1.07 bits per heavy atom. The van der Waals surface area contributed by atoms with Crippen LogP contribution < -0.4 is 0 Å². The van der Waals surface area contributed by atoms with Gasteiger partial charge in [-0.25, -0.2) is 0 Å². The van der Waals surface area contributed by atoms with Crippen LogP contribution >= 0.6 is 19.4 Å². The zero-order valence-electron chi connectivity index (χ0n) is 8.35. The van der Waals surface area contributed by atoms with Gasteiger partial charge in [-0.3, -0.25) is 0 Å².